The smallest absolute Gasteiger partial charge is 0.234 e. The highest BCUT2D eigenvalue weighted by molar-refractivity contribution is 7.99. The number of carbonyl (C=O) groups is 1. The molecule has 3 heterocycles. The van der Waals surface area contributed by atoms with Crippen molar-refractivity contribution in [2.24, 2.45) is 7.05 Å². The number of nitrogens with one attached hydrogen (secondary N) is 1. The summed E-state index contributed by atoms with van der Waals surface area (Å²) in [4.78, 5) is 15.1. The molecule has 0 radical (unpaired) electrons. The Kier molecular flexibility index (Phi) is 6.72. The second-order valence-electron chi connectivity index (χ2n) is 7.91. The van der Waals surface area contributed by atoms with Crippen LogP contribution in [0.5, 0.6) is 0 Å². The Morgan fingerprint density at radius 1 is 1.10 bits per heavy atom. The molecule has 0 bridgehead atoms. The summed E-state index contributed by atoms with van der Waals surface area (Å²) in [6.07, 6.45) is 3.76. The number of anilines is 1. The molecule has 2 aromatic heterocycles. The number of carbonyl (C=O) groups excluding carboxylic acids is 1. The lowest BCUT2D eigenvalue weighted by atomic mass is 10.1. The maximum Gasteiger partial charge on any atom is 0.234 e. The van der Waals surface area contributed by atoms with Gasteiger partial charge in [0.25, 0.3) is 0 Å². The highest BCUT2D eigenvalue weighted by atomic mass is 32.2. The second-order valence-corrected chi connectivity index (χ2v) is 8.86. The van der Waals surface area contributed by atoms with Crippen molar-refractivity contribution in [2.45, 2.75) is 44.8 Å². The van der Waals surface area contributed by atoms with E-state index in [1.165, 1.54) is 31.0 Å². The lowest BCUT2D eigenvalue weighted by molar-refractivity contribution is -0.113. The molecular weight excluding hydrogens is 410 g/mol. The van der Waals surface area contributed by atoms with Gasteiger partial charge < -0.3 is 5.32 Å². The van der Waals surface area contributed by atoms with Crippen LogP contribution in [0.3, 0.4) is 0 Å². The van der Waals surface area contributed by atoms with Crippen LogP contribution in [0.15, 0.2) is 35.5 Å². The quantitative estimate of drug-likeness (QED) is 0.569. The number of aromatic nitrogens is 5. The normalized spacial score (nSPS) is 14.7. The van der Waals surface area contributed by atoms with Crippen molar-refractivity contribution in [1.29, 1.82) is 0 Å². The van der Waals surface area contributed by atoms with Crippen LogP contribution < -0.4 is 5.32 Å². The highest BCUT2D eigenvalue weighted by Gasteiger charge is 2.20. The van der Waals surface area contributed by atoms with E-state index in [2.05, 4.69) is 42.2 Å². The number of benzene rings is 1. The predicted molar refractivity (Wildman–Crippen MR) is 123 cm³/mol. The molecule has 0 atom stereocenters. The standard InChI is InChI=1S/C22H29N7OS/c1-16-21(17(2)27(3)26-16)23-20(30)15-31-22-25-24-19(14-28-12-8-5-9-13-28)29(22)18-10-6-4-7-11-18/h4,6-7,10-11H,5,8-9,12-15H2,1-3H3,(H,23,30). The van der Waals surface area contributed by atoms with Crippen LogP contribution in [0.4, 0.5) is 5.69 Å². The predicted octanol–water partition coefficient (Wildman–Crippen LogP) is 3.33. The molecule has 1 aliphatic rings. The SMILES string of the molecule is Cc1nn(C)c(C)c1NC(=O)CSc1nnc(CN2CCCCC2)n1-c1ccccc1. The molecule has 0 unspecified atom stereocenters. The van der Waals surface area contributed by atoms with Crippen LogP contribution in [0, 0.1) is 13.8 Å². The number of piperidine rings is 1. The largest absolute Gasteiger partial charge is 0.322 e. The first-order valence-corrected chi connectivity index (χ1v) is 11.7. The maximum atomic E-state index is 12.6. The fourth-order valence-corrected chi connectivity index (χ4v) is 4.68. The summed E-state index contributed by atoms with van der Waals surface area (Å²) in [5.41, 5.74) is 3.55. The molecule has 0 aliphatic carbocycles. The number of hydrogen-bond acceptors (Lipinski definition) is 6. The van der Waals surface area contributed by atoms with Crippen molar-refractivity contribution in [2.75, 3.05) is 24.2 Å². The van der Waals surface area contributed by atoms with Crippen LogP contribution in [0.25, 0.3) is 5.69 Å². The number of rotatable bonds is 7. The Labute approximate surface area is 187 Å². The molecule has 1 fully saturated rings. The van der Waals surface area contributed by atoms with Gasteiger partial charge in [0.05, 0.1) is 29.4 Å². The fraction of sp³-hybridized carbons (Fsp3) is 0.455. The van der Waals surface area contributed by atoms with Gasteiger partial charge in [0.15, 0.2) is 11.0 Å². The van der Waals surface area contributed by atoms with E-state index < -0.39 is 0 Å². The number of hydrogen-bond donors (Lipinski definition) is 1. The van der Waals surface area contributed by atoms with Gasteiger partial charge in [-0.15, -0.1) is 10.2 Å². The number of likely N-dealkylation sites (tertiary alicyclic amines) is 1. The minimum absolute atomic E-state index is 0.0793. The molecule has 9 heteroatoms. The Morgan fingerprint density at radius 3 is 2.52 bits per heavy atom. The Bertz CT molecular complexity index is 1040. The maximum absolute atomic E-state index is 12.6. The number of amides is 1. The molecule has 3 aromatic rings. The molecular formula is C22H29N7OS. The average Bonchev–Trinajstić information content (AvgIpc) is 3.28. The topological polar surface area (TPSA) is 80.9 Å². The van der Waals surface area contributed by atoms with Crippen LogP contribution in [0.1, 0.15) is 36.5 Å². The molecule has 4 rings (SSSR count). The summed E-state index contributed by atoms with van der Waals surface area (Å²) in [5.74, 6) is 1.09. The Morgan fingerprint density at radius 2 is 1.84 bits per heavy atom. The van der Waals surface area contributed by atoms with Gasteiger partial charge >= 0.3 is 0 Å². The lowest BCUT2D eigenvalue weighted by Gasteiger charge is -2.26. The van der Waals surface area contributed by atoms with E-state index in [4.69, 9.17) is 0 Å². The summed E-state index contributed by atoms with van der Waals surface area (Å²) in [7, 11) is 1.87. The summed E-state index contributed by atoms with van der Waals surface area (Å²) in [6.45, 7) is 6.80. The van der Waals surface area contributed by atoms with E-state index in [0.29, 0.717) is 0 Å². The van der Waals surface area contributed by atoms with Crippen molar-refractivity contribution < 1.29 is 4.79 Å². The molecule has 8 nitrogen and oxygen atoms in total. The first-order valence-electron chi connectivity index (χ1n) is 10.7. The monoisotopic (exact) mass is 439 g/mol. The lowest BCUT2D eigenvalue weighted by Crippen LogP contribution is -2.30. The molecule has 1 amide bonds. The molecule has 1 aliphatic heterocycles. The van der Waals surface area contributed by atoms with Crippen molar-refractivity contribution in [3.05, 3.63) is 47.5 Å². The second kappa shape index (κ2) is 9.65. The van der Waals surface area contributed by atoms with Gasteiger partial charge in [0.2, 0.25) is 5.91 Å². The Hall–Kier alpha value is -2.65. The average molecular weight is 440 g/mol. The van der Waals surface area contributed by atoms with Crippen LogP contribution in [-0.4, -0.2) is 54.2 Å². The van der Waals surface area contributed by atoms with Gasteiger partial charge in [-0.1, -0.05) is 36.4 Å². The van der Waals surface area contributed by atoms with Crippen LogP contribution >= 0.6 is 11.8 Å². The zero-order valence-electron chi connectivity index (χ0n) is 18.3. The zero-order valence-corrected chi connectivity index (χ0v) is 19.2. The number of para-hydroxylation sites is 1. The molecule has 1 N–H and O–H groups in total. The summed E-state index contributed by atoms with van der Waals surface area (Å²) >= 11 is 1.40. The van der Waals surface area contributed by atoms with E-state index in [9.17, 15) is 4.79 Å². The molecule has 31 heavy (non-hydrogen) atoms. The van der Waals surface area contributed by atoms with Gasteiger partial charge in [-0.3, -0.25) is 18.9 Å². The molecule has 0 saturated carbocycles. The van der Waals surface area contributed by atoms with E-state index in [-0.39, 0.29) is 11.7 Å². The van der Waals surface area contributed by atoms with Crippen molar-refractivity contribution in [3.8, 4) is 5.69 Å². The minimum Gasteiger partial charge on any atom is -0.322 e. The van der Waals surface area contributed by atoms with Gasteiger partial charge in [-0.05, 0) is 51.9 Å². The third-order valence-corrected chi connectivity index (χ3v) is 6.56. The summed E-state index contributed by atoms with van der Waals surface area (Å²) in [6, 6.07) is 10.1. The molecule has 1 saturated heterocycles. The van der Waals surface area contributed by atoms with E-state index in [1.54, 1.807) is 4.68 Å². The third kappa shape index (κ3) is 4.99. The van der Waals surface area contributed by atoms with Gasteiger partial charge in [-0.25, -0.2) is 0 Å². The molecule has 0 spiro atoms. The van der Waals surface area contributed by atoms with Crippen molar-refractivity contribution >= 4 is 23.4 Å². The number of thioether (sulfide) groups is 1. The van der Waals surface area contributed by atoms with Gasteiger partial charge in [-0.2, -0.15) is 5.10 Å². The summed E-state index contributed by atoms with van der Waals surface area (Å²) < 4.78 is 3.85. The van der Waals surface area contributed by atoms with E-state index >= 15 is 0 Å². The molecule has 1 aromatic carbocycles. The number of aryl methyl sites for hydroxylation is 2. The van der Waals surface area contributed by atoms with Crippen molar-refractivity contribution in [1.82, 2.24) is 29.4 Å². The van der Waals surface area contributed by atoms with Gasteiger partial charge in [0, 0.05) is 12.7 Å². The van der Waals surface area contributed by atoms with Crippen LogP contribution in [-0.2, 0) is 18.4 Å². The summed E-state index contributed by atoms with van der Waals surface area (Å²) in [5, 5.41) is 17.0. The third-order valence-electron chi connectivity index (χ3n) is 5.63. The van der Waals surface area contributed by atoms with Crippen LogP contribution in [0.2, 0.25) is 0 Å². The number of nitrogens with zero attached hydrogens (tertiary/aromatic N) is 6. The van der Waals surface area contributed by atoms with Crippen molar-refractivity contribution in [3.63, 3.8) is 0 Å². The first kappa shape index (κ1) is 21.6. The zero-order chi connectivity index (χ0) is 21.8. The Balaban J connectivity index is 1.50. The van der Waals surface area contributed by atoms with Gasteiger partial charge in [0.1, 0.15) is 0 Å². The van der Waals surface area contributed by atoms with E-state index in [0.717, 1.165) is 53.4 Å². The van der Waals surface area contributed by atoms with E-state index in [1.807, 2.05) is 39.1 Å². The molecule has 164 valence electrons. The first-order chi connectivity index (χ1) is 15.0. The minimum atomic E-state index is -0.0793. The fourth-order valence-electron chi connectivity index (χ4n) is 3.91. The highest BCUT2D eigenvalue weighted by Crippen LogP contribution is 2.25.